The van der Waals surface area contributed by atoms with Crippen molar-refractivity contribution < 1.29 is 25.2 Å². The molecule has 33 heavy (non-hydrogen) atoms. The largest absolute Gasteiger partial charge is 0.481 e. The van der Waals surface area contributed by atoms with Crippen LogP contribution in [-0.2, 0) is 4.79 Å². The van der Waals surface area contributed by atoms with E-state index in [1.807, 2.05) is 6.08 Å². The van der Waals surface area contributed by atoms with E-state index in [2.05, 4.69) is 32.6 Å². The van der Waals surface area contributed by atoms with Gasteiger partial charge in [-0.3, -0.25) is 4.79 Å². The molecule has 5 nitrogen and oxygen atoms in total. The highest BCUT2D eigenvalue weighted by Crippen LogP contribution is 2.59. The van der Waals surface area contributed by atoms with E-state index in [0.717, 1.165) is 36.8 Å². The minimum atomic E-state index is -1.21. The highest BCUT2D eigenvalue weighted by Gasteiger charge is 2.50. The van der Waals surface area contributed by atoms with Crippen LogP contribution in [0.25, 0.3) is 0 Å². The fourth-order valence-electron chi connectivity index (χ4n) is 6.39. The Morgan fingerprint density at radius 3 is 2.58 bits per heavy atom. The summed E-state index contributed by atoms with van der Waals surface area (Å²) < 4.78 is 0. The van der Waals surface area contributed by atoms with E-state index in [0.29, 0.717) is 24.7 Å². The number of aliphatic hydroxyl groups is 3. The lowest BCUT2D eigenvalue weighted by molar-refractivity contribution is -0.151. The third kappa shape index (κ3) is 5.21. The van der Waals surface area contributed by atoms with Crippen LogP contribution >= 0.6 is 0 Å². The lowest BCUT2D eigenvalue weighted by Crippen LogP contribution is -2.37. The number of rotatable bonds is 6. The van der Waals surface area contributed by atoms with Crippen molar-refractivity contribution in [2.45, 2.75) is 91.0 Å². The predicted octanol–water partition coefficient (Wildman–Crippen LogP) is 4.79. The summed E-state index contributed by atoms with van der Waals surface area (Å²) in [5, 5.41) is 39.9. The molecule has 3 unspecified atom stereocenters. The van der Waals surface area contributed by atoms with Gasteiger partial charge in [-0.15, -0.1) is 0 Å². The van der Waals surface area contributed by atoms with Gasteiger partial charge in [0.25, 0.3) is 0 Å². The van der Waals surface area contributed by atoms with E-state index in [9.17, 15) is 25.2 Å². The van der Waals surface area contributed by atoms with E-state index in [1.165, 1.54) is 12.0 Å². The number of hydrogen-bond donors (Lipinski definition) is 4. The summed E-state index contributed by atoms with van der Waals surface area (Å²) in [6.45, 7) is 11.7. The maximum atomic E-state index is 11.4. The van der Waals surface area contributed by atoms with Crippen LogP contribution in [0, 0.1) is 28.6 Å². The zero-order valence-corrected chi connectivity index (χ0v) is 20.6. The SMILES string of the molecule is C=C1/C(=C\C=C2/CCC[C@]3(C)[C@@H]([C@H](C)/C=C/C(O)C(C)(C)C(=O)O)CC[C@@H]23)CC(O)CC1O. The number of fused-ring (bicyclic) bond motifs is 1. The van der Waals surface area contributed by atoms with Crippen LogP contribution in [0.15, 0.2) is 47.6 Å². The van der Waals surface area contributed by atoms with Gasteiger partial charge in [0.2, 0.25) is 0 Å². The van der Waals surface area contributed by atoms with E-state index >= 15 is 0 Å². The second-order valence-corrected chi connectivity index (χ2v) is 11.4. The standard InChI is InChI=1S/C28H42O5/c1-17(8-13-25(31)27(3,4)26(32)33)22-11-12-23-19(7-6-14-28(22,23)5)9-10-20-15-21(29)16-24(30)18(20)2/h8-10,13,17,21-25,29-31H,2,6-7,11-12,14-16H2,1,3-5H3,(H,32,33)/b13-8+,19-9+,20-10-/t17-,21?,22-,23+,24?,25?,28-/m1/s1. The van der Waals surface area contributed by atoms with E-state index in [-0.39, 0.29) is 11.3 Å². The lowest BCUT2D eigenvalue weighted by Gasteiger charge is -2.44. The molecule has 3 aliphatic rings. The average molecular weight is 459 g/mol. The minimum Gasteiger partial charge on any atom is -0.481 e. The molecule has 3 rings (SSSR count). The van der Waals surface area contributed by atoms with Crippen molar-refractivity contribution in [3.63, 3.8) is 0 Å². The van der Waals surface area contributed by atoms with Crippen molar-refractivity contribution in [3.8, 4) is 0 Å². The summed E-state index contributed by atoms with van der Waals surface area (Å²) in [4.78, 5) is 11.4. The normalized spacial score (nSPS) is 37.5. The van der Waals surface area contributed by atoms with Gasteiger partial charge < -0.3 is 20.4 Å². The molecule has 0 spiro atoms. The number of hydrogen-bond acceptors (Lipinski definition) is 4. The van der Waals surface area contributed by atoms with Crippen LogP contribution in [0.5, 0.6) is 0 Å². The summed E-state index contributed by atoms with van der Waals surface area (Å²) in [7, 11) is 0. The Kier molecular flexibility index (Phi) is 7.77. The Hall–Kier alpha value is -1.69. The second-order valence-electron chi connectivity index (χ2n) is 11.4. The van der Waals surface area contributed by atoms with Gasteiger partial charge in [0.15, 0.2) is 0 Å². The molecule has 0 aromatic heterocycles. The second kappa shape index (κ2) is 9.89. The number of aliphatic hydroxyl groups excluding tert-OH is 3. The van der Waals surface area contributed by atoms with Crippen LogP contribution in [-0.4, -0.2) is 44.7 Å². The number of carboxylic acid groups (broad SMARTS) is 1. The maximum Gasteiger partial charge on any atom is 0.312 e. The molecule has 3 saturated carbocycles. The molecular weight excluding hydrogens is 416 g/mol. The van der Waals surface area contributed by atoms with E-state index < -0.39 is 29.7 Å². The monoisotopic (exact) mass is 458 g/mol. The highest BCUT2D eigenvalue weighted by atomic mass is 16.4. The predicted molar refractivity (Wildman–Crippen MR) is 130 cm³/mol. The van der Waals surface area contributed by atoms with Gasteiger partial charge in [0, 0.05) is 6.42 Å². The van der Waals surface area contributed by atoms with Gasteiger partial charge in [-0.25, -0.2) is 0 Å². The third-order valence-electron chi connectivity index (χ3n) is 8.82. The Bertz CT molecular complexity index is 850. The molecule has 5 heteroatoms. The van der Waals surface area contributed by atoms with Gasteiger partial charge in [-0.2, -0.15) is 0 Å². The Morgan fingerprint density at radius 2 is 1.91 bits per heavy atom. The number of aliphatic carboxylic acids is 1. The smallest absolute Gasteiger partial charge is 0.312 e. The van der Waals surface area contributed by atoms with Gasteiger partial charge in [-0.05, 0) is 86.7 Å². The molecular formula is C28H42O5. The highest BCUT2D eigenvalue weighted by molar-refractivity contribution is 5.74. The maximum absolute atomic E-state index is 11.4. The summed E-state index contributed by atoms with van der Waals surface area (Å²) in [5.41, 5.74) is 2.08. The zero-order chi connectivity index (χ0) is 24.6. The van der Waals surface area contributed by atoms with Gasteiger partial charge in [0.1, 0.15) is 0 Å². The molecule has 184 valence electrons. The van der Waals surface area contributed by atoms with Crippen LogP contribution < -0.4 is 0 Å². The summed E-state index contributed by atoms with van der Waals surface area (Å²) in [6.07, 6.45) is 12.3. The van der Waals surface area contributed by atoms with Crippen LogP contribution in [0.2, 0.25) is 0 Å². The molecule has 0 saturated heterocycles. The molecule has 7 atom stereocenters. The summed E-state index contributed by atoms with van der Waals surface area (Å²) in [6, 6.07) is 0. The number of carboxylic acids is 1. The molecule has 0 aromatic rings. The quantitative estimate of drug-likeness (QED) is 0.429. The molecule has 0 aromatic carbocycles. The average Bonchev–Trinajstić information content (AvgIpc) is 3.10. The molecule has 4 N–H and O–H groups in total. The van der Waals surface area contributed by atoms with Crippen molar-refractivity contribution in [1.29, 1.82) is 0 Å². The summed E-state index contributed by atoms with van der Waals surface area (Å²) >= 11 is 0. The molecule has 0 radical (unpaired) electrons. The van der Waals surface area contributed by atoms with Crippen molar-refractivity contribution in [3.05, 3.63) is 47.6 Å². The first-order valence-corrected chi connectivity index (χ1v) is 12.4. The minimum absolute atomic E-state index is 0.169. The Labute approximate surface area is 198 Å². The van der Waals surface area contributed by atoms with Crippen molar-refractivity contribution in [2.75, 3.05) is 0 Å². The van der Waals surface area contributed by atoms with Gasteiger partial charge >= 0.3 is 5.97 Å². The molecule has 0 heterocycles. The number of carbonyl (C=O) groups is 1. The first-order chi connectivity index (χ1) is 15.4. The molecule has 3 aliphatic carbocycles. The van der Waals surface area contributed by atoms with E-state index in [4.69, 9.17) is 0 Å². The van der Waals surface area contributed by atoms with Crippen LogP contribution in [0.3, 0.4) is 0 Å². The number of allylic oxidation sites excluding steroid dienone is 4. The first kappa shape index (κ1) is 25.9. The van der Waals surface area contributed by atoms with Crippen molar-refractivity contribution in [2.24, 2.45) is 28.6 Å². The Balaban J connectivity index is 1.76. The zero-order valence-electron chi connectivity index (χ0n) is 20.6. The fraction of sp³-hybridized carbons (Fsp3) is 0.679. The Morgan fingerprint density at radius 1 is 1.21 bits per heavy atom. The molecule has 3 fully saturated rings. The third-order valence-corrected chi connectivity index (χ3v) is 8.82. The lowest BCUT2D eigenvalue weighted by atomic mass is 9.61. The molecule has 0 bridgehead atoms. The molecule has 0 aliphatic heterocycles. The topological polar surface area (TPSA) is 98.0 Å². The van der Waals surface area contributed by atoms with Crippen molar-refractivity contribution >= 4 is 5.97 Å². The van der Waals surface area contributed by atoms with Gasteiger partial charge in [-0.1, -0.05) is 50.3 Å². The van der Waals surface area contributed by atoms with E-state index in [1.54, 1.807) is 19.9 Å². The summed E-state index contributed by atoms with van der Waals surface area (Å²) in [5.74, 6) is 0.219. The first-order valence-electron chi connectivity index (χ1n) is 12.4. The van der Waals surface area contributed by atoms with Gasteiger partial charge in [0.05, 0.1) is 23.7 Å². The van der Waals surface area contributed by atoms with Crippen LogP contribution in [0.1, 0.15) is 72.6 Å². The van der Waals surface area contributed by atoms with Crippen molar-refractivity contribution in [1.82, 2.24) is 0 Å². The fourth-order valence-corrected chi connectivity index (χ4v) is 6.39. The molecule has 0 amide bonds. The van der Waals surface area contributed by atoms with Crippen LogP contribution in [0.4, 0.5) is 0 Å².